The van der Waals surface area contributed by atoms with Crippen LogP contribution in [0.3, 0.4) is 0 Å². The van der Waals surface area contributed by atoms with E-state index < -0.39 is 6.43 Å². The molecule has 1 heterocycles. The smallest absolute Gasteiger partial charge is 0.269 e. The Hall–Kier alpha value is -1.41. The van der Waals surface area contributed by atoms with Crippen LogP contribution >= 0.6 is 11.6 Å². The van der Waals surface area contributed by atoms with Crippen molar-refractivity contribution in [3.63, 3.8) is 0 Å². The highest BCUT2D eigenvalue weighted by Crippen LogP contribution is 2.32. The number of alkyl halides is 3. The summed E-state index contributed by atoms with van der Waals surface area (Å²) in [5.74, 6) is -0.241. The molecule has 1 aromatic rings. The van der Waals surface area contributed by atoms with Gasteiger partial charge in [-0.15, -0.1) is 11.6 Å². The molecule has 0 saturated carbocycles. The maximum atomic E-state index is 12.7. The summed E-state index contributed by atoms with van der Waals surface area (Å²) in [6.45, 7) is 0. The van der Waals surface area contributed by atoms with Gasteiger partial charge in [0.1, 0.15) is 0 Å². The molecule has 6 heteroatoms. The summed E-state index contributed by atoms with van der Waals surface area (Å²) in [5.41, 5.74) is 0.312. The standard InChI is InChI=1S/C10H9ClF2N2O/c1-16-10-8(9(12)13)6(5-11)4-7(15-10)2-3-14/h4,9H,2,5H2,1H3. The topological polar surface area (TPSA) is 45.9 Å². The Balaban J connectivity index is 3.32. The highest BCUT2D eigenvalue weighted by molar-refractivity contribution is 6.17. The molecule has 0 aliphatic heterocycles. The molecule has 0 unspecified atom stereocenters. The molecule has 3 nitrogen and oxygen atoms in total. The van der Waals surface area contributed by atoms with E-state index in [0.29, 0.717) is 5.69 Å². The monoisotopic (exact) mass is 246 g/mol. The van der Waals surface area contributed by atoms with Crippen molar-refractivity contribution in [1.82, 2.24) is 4.98 Å². The van der Waals surface area contributed by atoms with Gasteiger partial charge in [0.2, 0.25) is 5.88 Å². The Bertz CT molecular complexity index is 393. The Labute approximate surface area is 96.6 Å². The molecule has 0 saturated heterocycles. The quantitative estimate of drug-likeness (QED) is 0.768. The fraction of sp³-hybridized carbons (Fsp3) is 0.400. The first-order valence-corrected chi connectivity index (χ1v) is 4.95. The van der Waals surface area contributed by atoms with Gasteiger partial charge in [-0.1, -0.05) is 0 Å². The normalized spacial score (nSPS) is 10.2. The van der Waals surface area contributed by atoms with Crippen LogP contribution in [0.5, 0.6) is 5.88 Å². The van der Waals surface area contributed by atoms with E-state index in [1.807, 2.05) is 6.07 Å². The van der Waals surface area contributed by atoms with E-state index in [-0.39, 0.29) is 29.3 Å². The Morgan fingerprint density at radius 3 is 2.75 bits per heavy atom. The van der Waals surface area contributed by atoms with Crippen molar-refractivity contribution in [2.45, 2.75) is 18.7 Å². The fourth-order valence-corrected chi connectivity index (χ4v) is 1.53. The van der Waals surface area contributed by atoms with Crippen molar-refractivity contribution in [1.29, 1.82) is 5.26 Å². The van der Waals surface area contributed by atoms with Crippen LogP contribution in [0.4, 0.5) is 8.78 Å². The van der Waals surface area contributed by atoms with E-state index in [2.05, 4.69) is 4.98 Å². The van der Waals surface area contributed by atoms with Crippen LogP contribution in [0.15, 0.2) is 6.07 Å². The predicted molar refractivity (Wildman–Crippen MR) is 54.6 cm³/mol. The number of methoxy groups -OCH3 is 1. The van der Waals surface area contributed by atoms with Gasteiger partial charge in [-0.3, -0.25) is 0 Å². The van der Waals surface area contributed by atoms with Crippen molar-refractivity contribution in [3.05, 3.63) is 22.9 Å². The SMILES string of the molecule is COc1nc(CC#N)cc(CCl)c1C(F)F. The average molecular weight is 247 g/mol. The highest BCUT2D eigenvalue weighted by atomic mass is 35.5. The number of halogens is 3. The van der Waals surface area contributed by atoms with Crippen LogP contribution in [0.1, 0.15) is 23.2 Å². The van der Waals surface area contributed by atoms with Gasteiger partial charge >= 0.3 is 0 Å². The molecule has 0 spiro atoms. The van der Waals surface area contributed by atoms with Crippen LogP contribution in [0, 0.1) is 11.3 Å². The van der Waals surface area contributed by atoms with Gasteiger partial charge in [-0.25, -0.2) is 13.8 Å². The molecule has 1 aromatic heterocycles. The lowest BCUT2D eigenvalue weighted by Gasteiger charge is -2.12. The first kappa shape index (κ1) is 12.7. The summed E-state index contributed by atoms with van der Waals surface area (Å²) >= 11 is 5.58. The lowest BCUT2D eigenvalue weighted by Crippen LogP contribution is -2.03. The number of ether oxygens (including phenoxy) is 1. The van der Waals surface area contributed by atoms with Crippen LogP contribution in [-0.2, 0) is 12.3 Å². The number of rotatable bonds is 4. The summed E-state index contributed by atoms with van der Waals surface area (Å²) < 4.78 is 30.2. The summed E-state index contributed by atoms with van der Waals surface area (Å²) in [4.78, 5) is 3.83. The van der Waals surface area contributed by atoms with E-state index in [1.165, 1.54) is 13.2 Å². The van der Waals surface area contributed by atoms with Gasteiger partial charge in [-0.2, -0.15) is 5.26 Å². The largest absolute Gasteiger partial charge is 0.481 e. The van der Waals surface area contributed by atoms with Crippen LogP contribution < -0.4 is 4.74 Å². The number of aromatic nitrogens is 1. The van der Waals surface area contributed by atoms with Crippen molar-refractivity contribution >= 4 is 11.6 Å². The fourth-order valence-electron chi connectivity index (χ4n) is 1.31. The first-order chi connectivity index (χ1) is 7.63. The second-order valence-electron chi connectivity index (χ2n) is 2.96. The van der Waals surface area contributed by atoms with E-state index in [9.17, 15) is 8.78 Å². The van der Waals surface area contributed by atoms with Gasteiger partial charge in [-0.05, 0) is 11.6 Å². The maximum absolute atomic E-state index is 12.7. The molecule has 0 atom stereocenters. The Kier molecular flexibility index (Phi) is 4.44. The minimum atomic E-state index is -2.70. The maximum Gasteiger partial charge on any atom is 0.269 e. The molecule has 16 heavy (non-hydrogen) atoms. The van der Waals surface area contributed by atoms with Gasteiger partial charge in [0, 0.05) is 5.88 Å². The predicted octanol–water partition coefficient (Wildman–Crippen LogP) is 2.83. The van der Waals surface area contributed by atoms with Crippen LogP contribution in [0.2, 0.25) is 0 Å². The first-order valence-electron chi connectivity index (χ1n) is 4.41. The molecule has 0 aromatic carbocycles. The zero-order chi connectivity index (χ0) is 12.1. The Morgan fingerprint density at radius 2 is 2.31 bits per heavy atom. The van der Waals surface area contributed by atoms with Gasteiger partial charge in [0.05, 0.1) is 30.9 Å². The lowest BCUT2D eigenvalue weighted by molar-refractivity contribution is 0.145. The third-order valence-corrected chi connectivity index (χ3v) is 2.27. The van der Waals surface area contributed by atoms with E-state index in [0.717, 1.165) is 0 Å². The minimum absolute atomic E-state index is 0.0315. The molecule has 0 aliphatic carbocycles. The van der Waals surface area contributed by atoms with Gasteiger partial charge < -0.3 is 4.74 Å². The summed E-state index contributed by atoms with van der Waals surface area (Å²) in [5, 5.41) is 8.51. The molecule has 0 N–H and O–H groups in total. The molecule has 0 fully saturated rings. The van der Waals surface area contributed by atoms with E-state index in [4.69, 9.17) is 21.6 Å². The molecule has 0 radical (unpaired) electrons. The molecule has 1 rings (SSSR count). The third kappa shape index (κ3) is 2.58. The lowest BCUT2D eigenvalue weighted by atomic mass is 10.1. The number of nitrogens with zero attached hydrogens (tertiary/aromatic N) is 2. The summed E-state index contributed by atoms with van der Waals surface area (Å²) in [7, 11) is 1.25. The zero-order valence-electron chi connectivity index (χ0n) is 8.51. The molecule has 0 aliphatic rings. The molecule has 86 valence electrons. The van der Waals surface area contributed by atoms with Crippen LogP contribution in [0.25, 0.3) is 0 Å². The molecular weight excluding hydrogens is 238 g/mol. The van der Waals surface area contributed by atoms with Gasteiger partial charge in [0.25, 0.3) is 6.43 Å². The average Bonchev–Trinajstić information content (AvgIpc) is 2.27. The van der Waals surface area contributed by atoms with Crippen molar-refractivity contribution in [2.24, 2.45) is 0 Å². The zero-order valence-corrected chi connectivity index (χ0v) is 9.26. The second kappa shape index (κ2) is 5.61. The van der Waals surface area contributed by atoms with Crippen LogP contribution in [-0.4, -0.2) is 12.1 Å². The van der Waals surface area contributed by atoms with E-state index in [1.54, 1.807) is 0 Å². The molecule has 0 amide bonds. The number of hydrogen-bond acceptors (Lipinski definition) is 3. The third-order valence-electron chi connectivity index (χ3n) is 1.98. The van der Waals surface area contributed by atoms with E-state index >= 15 is 0 Å². The number of hydrogen-bond donors (Lipinski definition) is 0. The number of pyridine rings is 1. The summed E-state index contributed by atoms with van der Waals surface area (Å²) in [6, 6.07) is 3.29. The van der Waals surface area contributed by atoms with Gasteiger partial charge in [0.15, 0.2) is 0 Å². The van der Waals surface area contributed by atoms with Crippen molar-refractivity contribution in [3.8, 4) is 11.9 Å². The minimum Gasteiger partial charge on any atom is -0.481 e. The summed E-state index contributed by atoms with van der Waals surface area (Å²) in [6.07, 6.45) is -2.67. The van der Waals surface area contributed by atoms with Crippen molar-refractivity contribution < 1.29 is 13.5 Å². The molecular formula is C10H9ClF2N2O. The Morgan fingerprint density at radius 1 is 1.62 bits per heavy atom. The highest BCUT2D eigenvalue weighted by Gasteiger charge is 2.20. The molecule has 0 bridgehead atoms. The van der Waals surface area contributed by atoms with Crippen molar-refractivity contribution in [2.75, 3.05) is 7.11 Å². The second-order valence-corrected chi connectivity index (χ2v) is 3.23. The number of nitriles is 1.